The number of benzene rings is 2. The van der Waals surface area contributed by atoms with Crippen LogP contribution in [0.5, 0.6) is 11.5 Å². The number of allylic oxidation sites excluding steroid dienone is 1. The normalized spacial score (nSPS) is 20.7. The van der Waals surface area contributed by atoms with Crippen molar-refractivity contribution in [3.8, 4) is 11.5 Å². The van der Waals surface area contributed by atoms with Crippen molar-refractivity contribution in [1.82, 2.24) is 19.6 Å². The number of aromatic nitrogens is 4. The fourth-order valence-electron chi connectivity index (χ4n) is 7.22. The van der Waals surface area contributed by atoms with E-state index in [2.05, 4.69) is 123 Å². The molecule has 0 N–H and O–H groups in total. The van der Waals surface area contributed by atoms with Gasteiger partial charge >= 0.3 is 21.4 Å². The summed E-state index contributed by atoms with van der Waals surface area (Å²) in [5, 5.41) is 9.13. The van der Waals surface area contributed by atoms with Gasteiger partial charge in [-0.05, 0) is 139 Å². The SMILES string of the molecule is C.CC1=NCC=C1B1OC(C)(C)C(C)(C)O1.COc1ccc(Cn2cc(B3OC(C)(C)C(C)(C)O3)c(C)n2)cc1.COc1ccc(Cn2ncc(B3OC(C)(C)C(C)(C)O3)c2C)cc1. The minimum atomic E-state index is -0.375. The van der Waals surface area contributed by atoms with Crippen molar-refractivity contribution in [2.24, 2.45) is 4.99 Å². The fraction of sp³-hybridized carbons (Fsp3) is 0.562. The molecule has 346 valence electrons. The second-order valence-corrected chi connectivity index (χ2v) is 19.8. The number of rotatable bonds is 9. The third-order valence-electron chi connectivity index (χ3n) is 13.7. The molecule has 4 aliphatic heterocycles. The van der Waals surface area contributed by atoms with Crippen LogP contribution < -0.4 is 20.4 Å². The molecule has 8 rings (SSSR count). The van der Waals surface area contributed by atoms with Gasteiger partial charge in [-0.3, -0.25) is 14.4 Å². The standard InChI is InChI=1S/2C18H25BN2O3.C11H18BNO2.CH4/c1-13-16(19-23-17(2,3)18(4,5)24-19)11-20-21(13)12-14-7-9-15(22-6)10-8-14;1-13-16(19-23-17(2,3)18(4,5)24-19)12-21(20-13)11-14-7-9-15(22-6)10-8-14;1-8-9(6-7-13-8)12-14-10(2,3)11(4,5)15-12;/h7-11H,12H2,1-6H3;7-10,12H,11H2,1-6H3;6H,7H2,1-5H3;1H4. The third-order valence-corrected chi connectivity index (χ3v) is 13.7. The summed E-state index contributed by atoms with van der Waals surface area (Å²) in [5.74, 6) is 1.71. The first kappa shape index (κ1) is 50.8. The van der Waals surface area contributed by atoms with Gasteiger partial charge in [0.15, 0.2) is 0 Å². The Morgan fingerprint density at radius 3 is 1.39 bits per heavy atom. The molecule has 0 radical (unpaired) electrons. The molecule has 0 aliphatic carbocycles. The Morgan fingerprint density at radius 1 is 0.578 bits per heavy atom. The van der Waals surface area contributed by atoms with Gasteiger partial charge in [0.1, 0.15) is 11.5 Å². The number of aryl methyl sites for hydroxylation is 1. The van der Waals surface area contributed by atoms with E-state index in [0.29, 0.717) is 13.1 Å². The highest BCUT2D eigenvalue weighted by molar-refractivity contribution is 6.63. The van der Waals surface area contributed by atoms with Crippen LogP contribution in [0.4, 0.5) is 0 Å². The fourth-order valence-corrected chi connectivity index (χ4v) is 7.22. The zero-order valence-corrected chi connectivity index (χ0v) is 40.7. The second kappa shape index (κ2) is 19.0. The minimum Gasteiger partial charge on any atom is -0.497 e. The van der Waals surface area contributed by atoms with Crippen molar-refractivity contribution >= 4 is 38.0 Å². The van der Waals surface area contributed by atoms with Gasteiger partial charge in [-0.2, -0.15) is 10.2 Å². The van der Waals surface area contributed by atoms with Crippen LogP contribution in [0.2, 0.25) is 0 Å². The summed E-state index contributed by atoms with van der Waals surface area (Å²) in [5.41, 5.74) is 6.52. The number of hydrogen-bond donors (Lipinski definition) is 0. The summed E-state index contributed by atoms with van der Waals surface area (Å²) >= 11 is 0. The summed E-state index contributed by atoms with van der Waals surface area (Å²) in [6.07, 6.45) is 5.94. The Balaban J connectivity index is 0.000000184. The second-order valence-electron chi connectivity index (χ2n) is 19.8. The van der Waals surface area contributed by atoms with Crippen LogP contribution in [-0.4, -0.2) is 101 Å². The molecule has 0 spiro atoms. The van der Waals surface area contributed by atoms with Crippen molar-refractivity contribution in [1.29, 1.82) is 0 Å². The summed E-state index contributed by atoms with van der Waals surface area (Å²) in [7, 11) is 2.34. The van der Waals surface area contributed by atoms with E-state index in [1.807, 2.05) is 72.0 Å². The summed E-state index contributed by atoms with van der Waals surface area (Å²) in [4.78, 5) is 4.32. The predicted octanol–water partition coefficient (Wildman–Crippen LogP) is 7.75. The zero-order chi connectivity index (χ0) is 46.3. The molecule has 13 nitrogen and oxygen atoms in total. The van der Waals surface area contributed by atoms with Gasteiger partial charge in [-0.25, -0.2) is 0 Å². The molecule has 64 heavy (non-hydrogen) atoms. The average Bonchev–Trinajstić information content (AvgIpc) is 4.01. The van der Waals surface area contributed by atoms with Gasteiger partial charge in [0.2, 0.25) is 0 Å². The number of ether oxygens (including phenoxy) is 2. The van der Waals surface area contributed by atoms with Crippen molar-refractivity contribution < 1.29 is 37.4 Å². The quantitative estimate of drug-likeness (QED) is 0.154. The Hall–Kier alpha value is -4.18. The predicted molar refractivity (Wildman–Crippen MR) is 258 cm³/mol. The lowest BCUT2D eigenvalue weighted by molar-refractivity contribution is 0.00578. The van der Waals surface area contributed by atoms with Gasteiger partial charge in [0, 0.05) is 40.2 Å². The maximum absolute atomic E-state index is 6.13. The molecule has 16 heteroatoms. The Morgan fingerprint density at radius 2 is 0.984 bits per heavy atom. The molecule has 2 aromatic heterocycles. The van der Waals surface area contributed by atoms with Gasteiger partial charge in [0.25, 0.3) is 0 Å². The first-order chi connectivity index (χ1) is 29.3. The molecule has 3 saturated heterocycles. The van der Waals surface area contributed by atoms with Crippen molar-refractivity contribution in [2.75, 3.05) is 20.8 Å². The van der Waals surface area contributed by atoms with E-state index < -0.39 is 0 Å². The Labute approximate surface area is 384 Å². The molecular formula is C48H72B3N5O8. The van der Waals surface area contributed by atoms with E-state index in [0.717, 1.165) is 51.5 Å². The third kappa shape index (κ3) is 10.7. The summed E-state index contributed by atoms with van der Waals surface area (Å²) in [6.45, 7) is 32.9. The topological polar surface area (TPSA) is 122 Å². The van der Waals surface area contributed by atoms with E-state index in [-0.39, 0.29) is 62.4 Å². The van der Waals surface area contributed by atoms with Gasteiger partial charge in [-0.15, -0.1) is 0 Å². The smallest absolute Gasteiger partial charge is 0.497 e. The average molecular weight is 880 g/mol. The Bertz CT molecular complexity index is 2200. The van der Waals surface area contributed by atoms with Crippen LogP contribution in [0.1, 0.15) is 120 Å². The number of nitrogens with zero attached hydrogens (tertiary/aromatic N) is 5. The molecule has 2 aromatic carbocycles. The molecule has 3 fully saturated rings. The molecule has 6 heterocycles. The molecule has 0 saturated carbocycles. The molecule has 4 aliphatic rings. The maximum atomic E-state index is 6.13. The van der Waals surface area contributed by atoms with Crippen LogP contribution in [0.15, 0.2) is 77.5 Å². The largest absolute Gasteiger partial charge is 0.498 e. The summed E-state index contributed by atoms with van der Waals surface area (Å²) in [6, 6.07) is 16.0. The number of methoxy groups -OCH3 is 2. The lowest BCUT2D eigenvalue weighted by Gasteiger charge is -2.32. The molecule has 0 atom stereocenters. The van der Waals surface area contributed by atoms with Crippen LogP contribution in [-0.2, 0) is 41.0 Å². The van der Waals surface area contributed by atoms with Crippen molar-refractivity contribution in [3.63, 3.8) is 0 Å². The molecule has 0 bridgehead atoms. The summed E-state index contributed by atoms with van der Waals surface area (Å²) < 4.78 is 50.7. The highest BCUT2D eigenvalue weighted by atomic mass is 16.7. The molecular weight excluding hydrogens is 807 g/mol. The Kier molecular flexibility index (Phi) is 15.1. The first-order valence-corrected chi connectivity index (χ1v) is 21.9. The molecule has 0 amide bonds. The van der Waals surface area contributed by atoms with E-state index in [9.17, 15) is 0 Å². The minimum absolute atomic E-state index is 0. The maximum Gasteiger partial charge on any atom is 0.498 e. The molecule has 0 unspecified atom stereocenters. The highest BCUT2D eigenvalue weighted by Crippen LogP contribution is 2.40. The van der Waals surface area contributed by atoms with Crippen molar-refractivity contribution in [3.05, 3.63) is 95.0 Å². The zero-order valence-electron chi connectivity index (χ0n) is 40.7. The van der Waals surface area contributed by atoms with Gasteiger partial charge in [0.05, 0.1) is 73.2 Å². The van der Waals surface area contributed by atoms with E-state index in [1.165, 1.54) is 11.1 Å². The lowest BCUT2D eigenvalue weighted by atomic mass is 9.76. The number of hydrogen-bond acceptors (Lipinski definition) is 11. The van der Waals surface area contributed by atoms with Crippen LogP contribution >= 0.6 is 0 Å². The van der Waals surface area contributed by atoms with Crippen LogP contribution in [0.3, 0.4) is 0 Å². The first-order valence-electron chi connectivity index (χ1n) is 21.9. The number of aliphatic imine (C=N–C) groups is 1. The van der Waals surface area contributed by atoms with Crippen LogP contribution in [0, 0.1) is 13.8 Å². The van der Waals surface area contributed by atoms with E-state index >= 15 is 0 Å². The van der Waals surface area contributed by atoms with Crippen molar-refractivity contribution in [2.45, 2.75) is 158 Å². The highest BCUT2D eigenvalue weighted by Gasteiger charge is 2.55. The van der Waals surface area contributed by atoms with E-state index in [1.54, 1.807) is 14.2 Å². The lowest BCUT2D eigenvalue weighted by Crippen LogP contribution is -2.41. The van der Waals surface area contributed by atoms with Gasteiger partial charge in [-0.1, -0.05) is 37.8 Å². The molecule has 4 aromatic rings. The monoisotopic (exact) mass is 880 g/mol. The van der Waals surface area contributed by atoms with Crippen LogP contribution in [0.25, 0.3) is 0 Å². The van der Waals surface area contributed by atoms with E-state index in [4.69, 9.17) is 37.4 Å². The van der Waals surface area contributed by atoms with Gasteiger partial charge < -0.3 is 37.4 Å².